The highest BCUT2D eigenvalue weighted by molar-refractivity contribution is 5.17. The number of nitrogens with one attached hydrogen (secondary N) is 1. The van der Waals surface area contributed by atoms with Gasteiger partial charge in [-0.1, -0.05) is 19.9 Å². The van der Waals surface area contributed by atoms with Crippen LogP contribution in [0, 0.1) is 5.92 Å². The van der Waals surface area contributed by atoms with Gasteiger partial charge in [0.2, 0.25) is 0 Å². The van der Waals surface area contributed by atoms with Crippen LogP contribution >= 0.6 is 0 Å². The standard InChI is InChI=1S/C16H21N3O/c1-13(2)9-18-10-14-5-3-6-15(19-14)12-20-16-7-4-8-17-11-16/h3-8,11,13,18H,9-10,12H2,1-2H3. The lowest BCUT2D eigenvalue weighted by Crippen LogP contribution is -2.19. The molecule has 2 heterocycles. The summed E-state index contributed by atoms with van der Waals surface area (Å²) in [5.74, 6) is 1.41. The smallest absolute Gasteiger partial charge is 0.138 e. The van der Waals surface area contributed by atoms with Crippen molar-refractivity contribution in [1.82, 2.24) is 15.3 Å². The van der Waals surface area contributed by atoms with Crippen LogP contribution in [0.1, 0.15) is 25.2 Å². The largest absolute Gasteiger partial charge is 0.486 e. The molecular weight excluding hydrogens is 250 g/mol. The molecule has 0 aliphatic carbocycles. The first-order valence-corrected chi connectivity index (χ1v) is 6.92. The van der Waals surface area contributed by atoms with Gasteiger partial charge in [-0.25, -0.2) is 0 Å². The number of aromatic nitrogens is 2. The lowest BCUT2D eigenvalue weighted by molar-refractivity contribution is 0.299. The normalized spacial score (nSPS) is 10.8. The Hall–Kier alpha value is -1.94. The number of ether oxygens (including phenoxy) is 1. The molecule has 0 spiro atoms. The molecule has 0 unspecified atom stereocenters. The van der Waals surface area contributed by atoms with Crippen LogP contribution < -0.4 is 10.1 Å². The van der Waals surface area contributed by atoms with Gasteiger partial charge in [-0.05, 0) is 36.7 Å². The number of pyridine rings is 2. The first-order valence-electron chi connectivity index (χ1n) is 6.92. The van der Waals surface area contributed by atoms with Crippen molar-refractivity contribution in [3.05, 3.63) is 54.1 Å². The van der Waals surface area contributed by atoms with Crippen molar-refractivity contribution in [3.8, 4) is 5.75 Å². The van der Waals surface area contributed by atoms with Gasteiger partial charge in [-0.15, -0.1) is 0 Å². The topological polar surface area (TPSA) is 47.0 Å². The van der Waals surface area contributed by atoms with Gasteiger partial charge in [0.1, 0.15) is 12.4 Å². The van der Waals surface area contributed by atoms with Crippen LogP contribution in [0.4, 0.5) is 0 Å². The zero-order valence-corrected chi connectivity index (χ0v) is 12.0. The van der Waals surface area contributed by atoms with E-state index >= 15 is 0 Å². The molecule has 4 nitrogen and oxygen atoms in total. The molecule has 0 amide bonds. The van der Waals surface area contributed by atoms with Crippen molar-refractivity contribution in [2.75, 3.05) is 6.54 Å². The summed E-state index contributed by atoms with van der Waals surface area (Å²) in [4.78, 5) is 8.59. The minimum Gasteiger partial charge on any atom is -0.486 e. The first-order chi connectivity index (χ1) is 9.74. The van der Waals surface area contributed by atoms with Crippen molar-refractivity contribution in [2.24, 2.45) is 5.92 Å². The van der Waals surface area contributed by atoms with E-state index in [-0.39, 0.29) is 0 Å². The molecule has 20 heavy (non-hydrogen) atoms. The average molecular weight is 271 g/mol. The summed E-state index contributed by atoms with van der Waals surface area (Å²) in [6.07, 6.45) is 3.43. The molecule has 0 aliphatic rings. The number of hydrogen-bond acceptors (Lipinski definition) is 4. The summed E-state index contributed by atoms with van der Waals surface area (Å²) in [6.45, 7) is 6.64. The minimum atomic E-state index is 0.462. The van der Waals surface area contributed by atoms with E-state index in [0.717, 1.165) is 30.2 Å². The summed E-state index contributed by atoms with van der Waals surface area (Å²) in [5, 5.41) is 3.39. The van der Waals surface area contributed by atoms with Crippen LogP contribution in [-0.4, -0.2) is 16.5 Å². The van der Waals surface area contributed by atoms with E-state index in [1.54, 1.807) is 12.4 Å². The Labute approximate surface area is 120 Å². The van der Waals surface area contributed by atoms with Crippen molar-refractivity contribution >= 4 is 0 Å². The van der Waals surface area contributed by atoms with E-state index in [0.29, 0.717) is 12.5 Å². The summed E-state index contributed by atoms with van der Waals surface area (Å²) in [6, 6.07) is 9.76. The molecule has 0 aliphatic heterocycles. The Kier molecular flexibility index (Phi) is 5.50. The zero-order valence-electron chi connectivity index (χ0n) is 12.0. The Morgan fingerprint density at radius 3 is 2.75 bits per heavy atom. The molecule has 0 aromatic carbocycles. The Morgan fingerprint density at radius 2 is 2.00 bits per heavy atom. The van der Waals surface area contributed by atoms with Gasteiger partial charge in [0, 0.05) is 12.7 Å². The van der Waals surface area contributed by atoms with Gasteiger partial charge in [0.25, 0.3) is 0 Å². The average Bonchev–Trinajstić information content (AvgIpc) is 2.46. The van der Waals surface area contributed by atoms with Gasteiger partial charge in [-0.2, -0.15) is 0 Å². The molecule has 0 bridgehead atoms. The van der Waals surface area contributed by atoms with Gasteiger partial charge in [0.15, 0.2) is 0 Å². The van der Waals surface area contributed by atoms with Gasteiger partial charge in [0.05, 0.1) is 17.6 Å². The molecule has 0 fully saturated rings. The highest BCUT2D eigenvalue weighted by atomic mass is 16.5. The predicted molar refractivity (Wildman–Crippen MR) is 79.4 cm³/mol. The van der Waals surface area contributed by atoms with Crippen LogP contribution in [0.2, 0.25) is 0 Å². The van der Waals surface area contributed by atoms with Crippen LogP contribution in [0.5, 0.6) is 5.75 Å². The van der Waals surface area contributed by atoms with Crippen molar-refractivity contribution < 1.29 is 4.74 Å². The van der Waals surface area contributed by atoms with E-state index in [4.69, 9.17) is 4.74 Å². The molecular formula is C16H21N3O. The molecule has 0 atom stereocenters. The summed E-state index contributed by atoms with van der Waals surface area (Å²) < 4.78 is 5.64. The highest BCUT2D eigenvalue weighted by Gasteiger charge is 2.00. The molecule has 1 N–H and O–H groups in total. The summed E-state index contributed by atoms with van der Waals surface area (Å²) in [5.41, 5.74) is 1.97. The maximum Gasteiger partial charge on any atom is 0.138 e. The lowest BCUT2D eigenvalue weighted by atomic mass is 10.2. The van der Waals surface area contributed by atoms with Crippen molar-refractivity contribution in [1.29, 1.82) is 0 Å². The monoisotopic (exact) mass is 271 g/mol. The second-order valence-corrected chi connectivity index (χ2v) is 5.12. The maximum absolute atomic E-state index is 5.64. The van der Waals surface area contributed by atoms with Crippen molar-refractivity contribution in [3.63, 3.8) is 0 Å². The lowest BCUT2D eigenvalue weighted by Gasteiger charge is -2.09. The first kappa shape index (κ1) is 14.5. The molecule has 2 aromatic rings. The number of hydrogen-bond donors (Lipinski definition) is 1. The van der Waals surface area contributed by atoms with Crippen LogP contribution in [0.25, 0.3) is 0 Å². The van der Waals surface area contributed by atoms with Gasteiger partial charge in [-0.3, -0.25) is 9.97 Å². The number of nitrogens with zero attached hydrogens (tertiary/aromatic N) is 2. The van der Waals surface area contributed by atoms with E-state index < -0.39 is 0 Å². The third kappa shape index (κ3) is 4.97. The van der Waals surface area contributed by atoms with Gasteiger partial charge < -0.3 is 10.1 Å². The molecule has 0 radical (unpaired) electrons. The van der Waals surface area contributed by atoms with Crippen molar-refractivity contribution in [2.45, 2.75) is 27.0 Å². The molecule has 4 heteroatoms. The molecule has 2 rings (SSSR count). The quantitative estimate of drug-likeness (QED) is 0.841. The Balaban J connectivity index is 1.86. The minimum absolute atomic E-state index is 0.462. The van der Waals surface area contributed by atoms with E-state index in [1.807, 2.05) is 30.3 Å². The summed E-state index contributed by atoms with van der Waals surface area (Å²) in [7, 11) is 0. The van der Waals surface area contributed by atoms with Crippen LogP contribution in [-0.2, 0) is 13.2 Å². The van der Waals surface area contributed by atoms with Gasteiger partial charge >= 0.3 is 0 Å². The third-order valence-corrected chi connectivity index (χ3v) is 2.74. The van der Waals surface area contributed by atoms with Crippen LogP contribution in [0.3, 0.4) is 0 Å². The van der Waals surface area contributed by atoms with Crippen LogP contribution in [0.15, 0.2) is 42.7 Å². The predicted octanol–water partition coefficient (Wildman–Crippen LogP) is 2.80. The number of rotatable bonds is 7. The molecule has 0 saturated carbocycles. The fourth-order valence-electron chi connectivity index (χ4n) is 1.79. The zero-order chi connectivity index (χ0) is 14.2. The molecule has 0 saturated heterocycles. The van der Waals surface area contributed by atoms with E-state index in [9.17, 15) is 0 Å². The second-order valence-electron chi connectivity index (χ2n) is 5.12. The molecule has 2 aromatic heterocycles. The third-order valence-electron chi connectivity index (χ3n) is 2.74. The Morgan fingerprint density at radius 1 is 1.15 bits per heavy atom. The Bertz CT molecular complexity index is 514. The van der Waals surface area contributed by atoms with E-state index in [2.05, 4.69) is 29.1 Å². The fraction of sp³-hybridized carbons (Fsp3) is 0.375. The molecule has 106 valence electrons. The maximum atomic E-state index is 5.64. The SMILES string of the molecule is CC(C)CNCc1cccc(COc2cccnc2)n1. The highest BCUT2D eigenvalue weighted by Crippen LogP contribution is 2.09. The second kappa shape index (κ2) is 7.60. The van der Waals surface area contributed by atoms with E-state index in [1.165, 1.54) is 0 Å². The fourth-order valence-corrected chi connectivity index (χ4v) is 1.79. The summed E-state index contributed by atoms with van der Waals surface area (Å²) >= 11 is 0.